The van der Waals surface area contributed by atoms with Crippen LogP contribution >= 0.6 is 0 Å². The lowest BCUT2D eigenvalue weighted by Gasteiger charge is -2.23. The zero-order valence-electron chi connectivity index (χ0n) is 73.8. The number of benzene rings is 37. The van der Waals surface area contributed by atoms with E-state index in [0.29, 0.717) is 0 Å². The summed E-state index contributed by atoms with van der Waals surface area (Å²) in [6, 6.07) is 75.4. The van der Waals surface area contributed by atoms with Gasteiger partial charge >= 0.3 is 0 Å². The molecule has 0 atom stereocenters. The minimum Gasteiger partial charge on any atom is -0.0616 e. The highest BCUT2D eigenvalue weighted by Gasteiger charge is 2.53. The van der Waals surface area contributed by atoms with Crippen LogP contribution in [0.5, 0.6) is 0 Å². The van der Waals surface area contributed by atoms with E-state index in [2.05, 4.69) is 289 Å². The van der Waals surface area contributed by atoms with Crippen LogP contribution in [0.4, 0.5) is 0 Å². The van der Waals surface area contributed by atoms with Gasteiger partial charge in [0.1, 0.15) is 0 Å². The minimum atomic E-state index is 0.912. The van der Waals surface area contributed by atoms with Crippen LogP contribution in [-0.4, -0.2) is 0 Å². The van der Waals surface area contributed by atoms with Gasteiger partial charge in [0.25, 0.3) is 0 Å². The van der Waals surface area contributed by atoms with Gasteiger partial charge in [-0.1, -0.05) is 217 Å². The van der Waals surface area contributed by atoms with Crippen molar-refractivity contribution in [3.8, 4) is 71.0 Å². The van der Waals surface area contributed by atoms with Crippen LogP contribution in [0.2, 0.25) is 0 Å². The maximum Gasteiger partial charge on any atom is 0.0406 e. The summed E-state index contributed by atoms with van der Waals surface area (Å²) in [5.41, 5.74) is 11.4. The van der Waals surface area contributed by atoms with Crippen LogP contribution in [0.25, 0.3) is 442 Å². The standard InChI is InChI=1S/C72H36.C70/c1-2-14-56-55(13-1)67-43-37-49-25-27-51(28-26-49)39-45-69-59-17-5-7-19-61(59)71(62-20-8-6-18-60(62)69)47-41-53-33-35-54(36-34-53)42-48-72-65-23-11-9-21-63(65)70(64-22-10-12-24-66(64)72)46-40-52-31-29-50(30-32-52)38-44-68(56)58-16-4-3-15-57(58)67;1-2-22-5-6-24-13-14-26-11-9-23-4-3(21(1)51-52(22)54(24)55(26)53(23)51)33-31(1)61-35-7-8-27-15-16-29-19-20-30-18-17-28-12-10(25(7)56-57(27)59(29)60(30)58(28)56)37(35)63(33)65-36(4)40(9)67(44(17)42(12)65)69-46(11)47(14)70(50(20)49(18)69)68-43(13)39(6)66(45(16)48(19)68)64-34(5)32(2)62(61)38(8)41(15)64/h1-36H;. The summed E-state index contributed by atoms with van der Waals surface area (Å²) in [6.07, 6.45) is 0. The first-order valence-electron chi connectivity index (χ1n) is 50.2. The van der Waals surface area contributed by atoms with Gasteiger partial charge in [-0.25, -0.2) is 0 Å². The summed E-state index contributed by atoms with van der Waals surface area (Å²) in [4.78, 5) is 0. The Hall–Kier alpha value is -19.5. The molecule has 0 unspecified atom stereocenters. The minimum absolute atomic E-state index is 0.912. The third kappa shape index (κ3) is 5.21. The van der Waals surface area contributed by atoms with Crippen LogP contribution in [0.1, 0.15) is 66.8 Å². The predicted molar refractivity (Wildman–Crippen MR) is 604 cm³/mol. The van der Waals surface area contributed by atoms with Crippen molar-refractivity contribution >= 4 is 442 Å². The quantitative estimate of drug-likeness (QED) is 0.0806. The lowest BCUT2D eigenvalue weighted by atomic mass is 9.78. The molecule has 49 aromatic rings. The first-order chi connectivity index (χ1) is 70.7. The third-order valence-corrected chi connectivity index (χ3v) is 39.7. The summed E-state index contributed by atoms with van der Waals surface area (Å²) in [5, 5.41) is 129. The van der Waals surface area contributed by atoms with Crippen LogP contribution in [0.15, 0.2) is 218 Å². The van der Waals surface area contributed by atoms with Crippen LogP contribution in [-0.2, 0) is 0 Å². The molecule has 0 spiro atoms. The summed E-state index contributed by atoms with van der Waals surface area (Å²) in [5.74, 6) is 42.4. The second-order valence-corrected chi connectivity index (χ2v) is 44.0. The molecule has 142 heavy (non-hydrogen) atoms. The van der Waals surface area contributed by atoms with E-state index in [4.69, 9.17) is 0 Å². The molecule has 49 aromatic carbocycles. The van der Waals surface area contributed by atoms with E-state index in [1.54, 1.807) is 377 Å². The van der Waals surface area contributed by atoms with E-state index in [1.807, 2.05) is 0 Å². The first kappa shape index (κ1) is 62.9. The van der Waals surface area contributed by atoms with Crippen LogP contribution < -0.4 is 0 Å². The molecule has 0 saturated carbocycles. The van der Waals surface area contributed by atoms with Crippen molar-refractivity contribution in [3.63, 3.8) is 0 Å². The number of rotatable bonds is 0. The molecule has 0 amide bonds. The zero-order valence-corrected chi connectivity index (χ0v) is 73.8. The summed E-state index contributed by atoms with van der Waals surface area (Å²) in [6.45, 7) is 0. The fraction of sp³-hybridized carbons (Fsp3) is 0. The molecule has 0 aliphatic heterocycles. The molecule has 0 N–H and O–H groups in total. The van der Waals surface area contributed by atoms with Crippen molar-refractivity contribution in [1.82, 2.24) is 0 Å². The third-order valence-electron chi connectivity index (χ3n) is 39.7. The van der Waals surface area contributed by atoms with E-state index in [1.165, 1.54) is 0 Å². The van der Waals surface area contributed by atoms with Gasteiger partial charge < -0.3 is 0 Å². The monoisotopic (exact) mass is 1740 g/mol. The zero-order chi connectivity index (χ0) is 88.2. The van der Waals surface area contributed by atoms with Crippen molar-refractivity contribution in [1.29, 1.82) is 0 Å². The summed E-state index contributed by atoms with van der Waals surface area (Å²) < 4.78 is 0. The molecular weight excluding hydrogens is 1710 g/mol. The number of hydrogen-bond acceptors (Lipinski definition) is 0. The Morgan fingerprint density at radius 2 is 0.134 bits per heavy atom. The lowest BCUT2D eigenvalue weighted by Crippen LogP contribution is -1.93. The van der Waals surface area contributed by atoms with E-state index in [0.717, 1.165) is 131 Å². The molecule has 604 valence electrons. The topological polar surface area (TPSA) is 0 Å². The van der Waals surface area contributed by atoms with Gasteiger partial charge in [-0.2, -0.15) is 0 Å². The van der Waals surface area contributed by atoms with Crippen molar-refractivity contribution in [2.75, 3.05) is 0 Å². The maximum atomic E-state index is 3.58. The molecule has 0 heteroatoms. The van der Waals surface area contributed by atoms with Gasteiger partial charge in [-0.3, -0.25) is 0 Å². The van der Waals surface area contributed by atoms with Crippen molar-refractivity contribution in [2.24, 2.45) is 0 Å². The van der Waals surface area contributed by atoms with Gasteiger partial charge in [-0.05, 0) is 137 Å². The molecule has 10 aliphatic carbocycles. The van der Waals surface area contributed by atoms with Crippen molar-refractivity contribution < 1.29 is 0 Å². The molecule has 0 aromatic heterocycles. The SMILES string of the molecule is C1#Cc2c3ccccc3c(c3ccccc23)C#Cc2ccc(cc2)C#Cc2c3ccccc3c(c3ccccc23)C#Cc2ccc(cc2)C#Cc2c3ccccc3c(c3ccccc23)C#Cc2ccc1cc2.c12c3c4c5c1c1c6c7c2c2c8c3c3c9c4c4c%10c5c5c1c1c6c6c%11c%12c%13c%14c%15c%16c%17c%14c%14c%18c%13c%11c1c1c5c%10c5c(c%14c%10c%17c%11c%13c%16c%14c%16c%15c%12c%12c%16c(c2c7c%126)c2c8c3c(c%13c%142)c2c9c4c5c%10c%112)c%181. The Labute approximate surface area is 791 Å². The molecule has 59 rings (SSSR count). The Kier molecular flexibility index (Phi) is 8.10. The molecule has 0 heterocycles. The summed E-state index contributed by atoms with van der Waals surface area (Å²) >= 11 is 0. The highest BCUT2D eigenvalue weighted by Crippen LogP contribution is 2.82. The predicted octanol–water partition coefficient (Wildman–Crippen LogP) is 36.0. The lowest BCUT2D eigenvalue weighted by molar-refractivity contribution is 1.59. The Morgan fingerprint density at radius 3 is 0.197 bits per heavy atom. The molecule has 0 saturated heterocycles. The van der Waals surface area contributed by atoms with Crippen molar-refractivity contribution in [2.45, 2.75) is 0 Å². The molecular formula is C142H36. The highest BCUT2D eigenvalue weighted by molar-refractivity contribution is 6.87. The fourth-order valence-corrected chi connectivity index (χ4v) is 36.2. The van der Waals surface area contributed by atoms with Gasteiger partial charge in [-0.15, -0.1) is 0 Å². The average Bonchev–Trinajstić information content (AvgIpc) is 1.39. The van der Waals surface area contributed by atoms with Gasteiger partial charge in [0.2, 0.25) is 0 Å². The largest absolute Gasteiger partial charge is 0.0616 e. The summed E-state index contributed by atoms with van der Waals surface area (Å²) in [7, 11) is 0. The molecule has 12 bridgehead atoms. The molecule has 10 aliphatic rings. The van der Waals surface area contributed by atoms with Gasteiger partial charge in [0, 0.05) is 444 Å². The Morgan fingerprint density at radius 1 is 0.0704 bits per heavy atom. The molecule has 0 radical (unpaired) electrons. The second-order valence-electron chi connectivity index (χ2n) is 44.0. The maximum absolute atomic E-state index is 3.58. The second kappa shape index (κ2) is 18.3. The Balaban J connectivity index is 0.000000103. The van der Waals surface area contributed by atoms with E-state index in [9.17, 15) is 0 Å². The van der Waals surface area contributed by atoms with Crippen LogP contribution in [0, 0.1) is 71.0 Å². The number of hydrogen-bond donors (Lipinski definition) is 0. The smallest absolute Gasteiger partial charge is 0.0406 e. The first-order valence-corrected chi connectivity index (χ1v) is 50.2. The van der Waals surface area contributed by atoms with E-state index in [-0.39, 0.29) is 0 Å². The van der Waals surface area contributed by atoms with E-state index < -0.39 is 0 Å². The Bertz CT molecular complexity index is 11900. The normalized spacial score (nSPS) is 14.6. The van der Waals surface area contributed by atoms with Crippen LogP contribution in [0.3, 0.4) is 0 Å². The van der Waals surface area contributed by atoms with Crippen molar-refractivity contribution in [3.05, 3.63) is 285 Å². The molecule has 0 fully saturated rings. The average molecular weight is 1740 g/mol. The fourth-order valence-electron chi connectivity index (χ4n) is 36.2. The van der Waals surface area contributed by atoms with Gasteiger partial charge in [0.05, 0.1) is 0 Å². The van der Waals surface area contributed by atoms with Gasteiger partial charge in [0.15, 0.2) is 0 Å². The van der Waals surface area contributed by atoms with E-state index >= 15 is 0 Å². The highest BCUT2D eigenvalue weighted by atomic mass is 14.5. The molecule has 0 nitrogen and oxygen atoms in total.